The highest BCUT2D eigenvalue weighted by atomic mass is 16.2. The summed E-state index contributed by atoms with van der Waals surface area (Å²) in [4.78, 5) is 23.6. The number of benzene rings is 1. The number of pyridine rings is 1. The molecule has 0 aliphatic heterocycles. The molecule has 0 radical (unpaired) electrons. The van der Waals surface area contributed by atoms with E-state index in [9.17, 15) is 9.59 Å². The molecule has 5 nitrogen and oxygen atoms in total. The molecule has 0 aliphatic rings. The zero-order valence-electron chi connectivity index (χ0n) is 11.0. The van der Waals surface area contributed by atoms with Crippen LogP contribution in [0.1, 0.15) is 24.2 Å². The summed E-state index contributed by atoms with van der Waals surface area (Å²) >= 11 is 0. The first-order valence-corrected chi connectivity index (χ1v) is 6.13. The number of nitrogens with two attached hydrogens (primary N) is 2. The fraction of sp³-hybridized carbons (Fsp3) is 0.286. The molecule has 0 saturated heterocycles. The fourth-order valence-electron chi connectivity index (χ4n) is 2.18. The van der Waals surface area contributed by atoms with Crippen LogP contribution in [0.2, 0.25) is 0 Å². The lowest BCUT2D eigenvalue weighted by molar-refractivity contribution is 0.0998. The van der Waals surface area contributed by atoms with Crippen LogP contribution in [0.3, 0.4) is 0 Å². The summed E-state index contributed by atoms with van der Waals surface area (Å²) < 4.78 is 1.86. The van der Waals surface area contributed by atoms with Gasteiger partial charge in [-0.15, -0.1) is 0 Å². The highest BCUT2D eigenvalue weighted by Gasteiger charge is 2.15. The number of hydrogen-bond donors (Lipinski definition) is 2. The summed E-state index contributed by atoms with van der Waals surface area (Å²) in [5.74, 6) is -0.361. The second-order valence-corrected chi connectivity index (χ2v) is 5.02. The van der Waals surface area contributed by atoms with E-state index in [2.05, 4.69) is 13.8 Å². The zero-order valence-corrected chi connectivity index (χ0v) is 11.0. The number of rotatable bonds is 3. The fourth-order valence-corrected chi connectivity index (χ4v) is 2.18. The Bertz CT molecular complexity index is 702. The Morgan fingerprint density at radius 3 is 2.63 bits per heavy atom. The highest BCUT2D eigenvalue weighted by molar-refractivity contribution is 5.99. The number of carbonyl (C=O) groups excluding carboxylic acids is 1. The third kappa shape index (κ3) is 2.31. The molecule has 100 valence electrons. The Kier molecular flexibility index (Phi) is 3.29. The minimum Gasteiger partial charge on any atom is -0.398 e. The molecule has 1 aromatic heterocycles. The number of fused-ring (bicyclic) bond motifs is 1. The third-order valence-corrected chi connectivity index (χ3v) is 2.97. The predicted molar refractivity (Wildman–Crippen MR) is 76.0 cm³/mol. The molecule has 0 fully saturated rings. The van der Waals surface area contributed by atoms with Crippen LogP contribution >= 0.6 is 0 Å². The number of anilines is 1. The number of nitrogen functional groups attached to an aromatic ring is 1. The molecule has 0 spiro atoms. The number of hydrogen-bond acceptors (Lipinski definition) is 3. The van der Waals surface area contributed by atoms with E-state index in [4.69, 9.17) is 11.5 Å². The summed E-state index contributed by atoms with van der Waals surface area (Å²) in [7, 11) is 0. The number of aromatic nitrogens is 1. The topological polar surface area (TPSA) is 91.1 Å². The number of amides is 1. The maximum absolute atomic E-state index is 12.2. The van der Waals surface area contributed by atoms with Gasteiger partial charge in [0.2, 0.25) is 5.43 Å². The second-order valence-electron chi connectivity index (χ2n) is 5.02. The normalized spacial score (nSPS) is 11.1. The maximum atomic E-state index is 12.2. The van der Waals surface area contributed by atoms with E-state index >= 15 is 0 Å². The molecule has 1 amide bonds. The van der Waals surface area contributed by atoms with Gasteiger partial charge in [0, 0.05) is 18.4 Å². The van der Waals surface area contributed by atoms with Crippen molar-refractivity contribution in [3.8, 4) is 0 Å². The smallest absolute Gasteiger partial charge is 0.254 e. The first kappa shape index (κ1) is 13.1. The van der Waals surface area contributed by atoms with E-state index in [0.717, 1.165) is 5.52 Å². The molecular weight excluding hydrogens is 242 g/mol. The Morgan fingerprint density at radius 2 is 2.05 bits per heavy atom. The Morgan fingerprint density at radius 1 is 1.37 bits per heavy atom. The molecule has 0 atom stereocenters. The molecule has 19 heavy (non-hydrogen) atoms. The standard InChI is InChI=1S/C14H17N3O2/c1-8(2)6-17-7-9(14(16)19)13(18)12-10(15)4-3-5-11(12)17/h3-5,7-8H,6,15H2,1-2H3,(H2,16,19). The second kappa shape index (κ2) is 4.76. The monoisotopic (exact) mass is 259 g/mol. The van der Waals surface area contributed by atoms with Gasteiger partial charge in [-0.3, -0.25) is 9.59 Å². The highest BCUT2D eigenvalue weighted by Crippen LogP contribution is 2.19. The molecule has 0 unspecified atom stereocenters. The minimum atomic E-state index is -0.729. The van der Waals surface area contributed by atoms with Gasteiger partial charge >= 0.3 is 0 Å². The van der Waals surface area contributed by atoms with Crippen molar-refractivity contribution in [3.05, 3.63) is 40.2 Å². The van der Waals surface area contributed by atoms with Gasteiger partial charge in [-0.05, 0) is 18.1 Å². The van der Waals surface area contributed by atoms with Crippen molar-refractivity contribution < 1.29 is 4.79 Å². The first-order valence-electron chi connectivity index (χ1n) is 6.13. The van der Waals surface area contributed by atoms with Crippen LogP contribution in [0.5, 0.6) is 0 Å². The van der Waals surface area contributed by atoms with E-state index in [1.54, 1.807) is 12.1 Å². The van der Waals surface area contributed by atoms with Crippen LogP contribution in [0.4, 0.5) is 5.69 Å². The van der Waals surface area contributed by atoms with Crippen molar-refractivity contribution in [1.29, 1.82) is 0 Å². The molecule has 0 saturated carbocycles. The zero-order chi connectivity index (χ0) is 14.2. The van der Waals surface area contributed by atoms with Crippen LogP contribution in [0.25, 0.3) is 10.9 Å². The van der Waals surface area contributed by atoms with Crippen molar-refractivity contribution >= 4 is 22.5 Å². The maximum Gasteiger partial charge on any atom is 0.254 e. The summed E-state index contributed by atoms with van der Waals surface area (Å²) in [6.07, 6.45) is 1.52. The lowest BCUT2D eigenvalue weighted by Crippen LogP contribution is -2.25. The van der Waals surface area contributed by atoms with Crippen molar-refractivity contribution in [2.75, 3.05) is 5.73 Å². The van der Waals surface area contributed by atoms with Gasteiger partial charge in [0.25, 0.3) is 5.91 Å². The summed E-state index contributed by atoms with van der Waals surface area (Å²) in [6.45, 7) is 4.79. The Labute approximate surface area is 110 Å². The number of carbonyl (C=O) groups is 1. The lowest BCUT2D eigenvalue weighted by Gasteiger charge is -2.15. The van der Waals surface area contributed by atoms with Crippen LogP contribution in [-0.2, 0) is 6.54 Å². The van der Waals surface area contributed by atoms with Crippen LogP contribution < -0.4 is 16.9 Å². The molecule has 0 bridgehead atoms. The lowest BCUT2D eigenvalue weighted by atomic mass is 10.1. The minimum absolute atomic E-state index is 0.0222. The van der Waals surface area contributed by atoms with E-state index in [1.165, 1.54) is 6.20 Å². The molecule has 4 N–H and O–H groups in total. The molecule has 2 aromatic rings. The van der Waals surface area contributed by atoms with Gasteiger partial charge in [0.05, 0.1) is 10.9 Å². The van der Waals surface area contributed by atoms with Crippen LogP contribution in [-0.4, -0.2) is 10.5 Å². The van der Waals surface area contributed by atoms with Crippen LogP contribution in [0.15, 0.2) is 29.2 Å². The summed E-state index contributed by atoms with van der Waals surface area (Å²) in [5.41, 5.74) is 11.8. The van der Waals surface area contributed by atoms with Gasteiger partial charge in [-0.1, -0.05) is 19.9 Å². The molecule has 1 aromatic carbocycles. The molecule has 5 heteroatoms. The summed E-state index contributed by atoms with van der Waals surface area (Å²) in [6, 6.07) is 5.26. The average molecular weight is 259 g/mol. The van der Waals surface area contributed by atoms with Crippen molar-refractivity contribution in [3.63, 3.8) is 0 Å². The van der Waals surface area contributed by atoms with E-state index in [1.807, 2.05) is 10.6 Å². The van der Waals surface area contributed by atoms with Gasteiger partial charge in [-0.2, -0.15) is 0 Å². The largest absolute Gasteiger partial charge is 0.398 e. The van der Waals surface area contributed by atoms with Crippen molar-refractivity contribution in [2.24, 2.45) is 11.7 Å². The van der Waals surface area contributed by atoms with Gasteiger partial charge in [0.1, 0.15) is 5.56 Å². The summed E-state index contributed by atoms with van der Waals surface area (Å²) in [5, 5.41) is 0.361. The Hall–Kier alpha value is -2.30. The van der Waals surface area contributed by atoms with Crippen molar-refractivity contribution in [2.45, 2.75) is 20.4 Å². The molecule has 0 aliphatic carbocycles. The van der Waals surface area contributed by atoms with Crippen LogP contribution in [0, 0.1) is 5.92 Å². The van der Waals surface area contributed by atoms with Gasteiger partial charge < -0.3 is 16.0 Å². The molecule has 2 rings (SSSR count). The van der Waals surface area contributed by atoms with E-state index in [0.29, 0.717) is 23.5 Å². The third-order valence-electron chi connectivity index (χ3n) is 2.97. The quantitative estimate of drug-likeness (QED) is 0.815. The average Bonchev–Trinajstić information content (AvgIpc) is 2.31. The molecule has 1 heterocycles. The number of nitrogens with zero attached hydrogens (tertiary/aromatic N) is 1. The van der Waals surface area contributed by atoms with E-state index in [-0.39, 0.29) is 5.56 Å². The SMILES string of the molecule is CC(C)Cn1cc(C(N)=O)c(=O)c2c(N)cccc21. The first-order chi connectivity index (χ1) is 8.91. The Balaban J connectivity index is 2.88. The van der Waals surface area contributed by atoms with Gasteiger partial charge in [-0.25, -0.2) is 0 Å². The molecular formula is C14H17N3O2. The van der Waals surface area contributed by atoms with Gasteiger partial charge in [0.15, 0.2) is 0 Å². The number of primary amides is 1. The van der Waals surface area contributed by atoms with Crippen molar-refractivity contribution in [1.82, 2.24) is 4.57 Å². The predicted octanol–water partition coefficient (Wildman–Crippen LogP) is 1.34. The van der Waals surface area contributed by atoms with E-state index < -0.39 is 11.3 Å².